The SMILES string of the molecule is CC(Cc1ccccc1)Nn1nc(-c2ccc(NC(=O)Nc3cc(C(F)(F)F)ccc3F)cc2)c2cncnc21. The van der Waals surface area contributed by atoms with Gasteiger partial charge in [0.25, 0.3) is 0 Å². The van der Waals surface area contributed by atoms with Gasteiger partial charge in [-0.1, -0.05) is 42.5 Å². The molecule has 8 nitrogen and oxygen atoms in total. The van der Waals surface area contributed by atoms with E-state index in [2.05, 4.69) is 38.2 Å². The van der Waals surface area contributed by atoms with Crippen molar-refractivity contribution in [1.82, 2.24) is 19.9 Å². The van der Waals surface area contributed by atoms with Crippen molar-refractivity contribution in [1.29, 1.82) is 0 Å². The highest BCUT2D eigenvalue weighted by atomic mass is 19.4. The Morgan fingerprint density at radius 1 is 1.00 bits per heavy atom. The first-order valence-electron chi connectivity index (χ1n) is 12.2. The summed E-state index contributed by atoms with van der Waals surface area (Å²) < 4.78 is 52.8. The van der Waals surface area contributed by atoms with Crippen molar-refractivity contribution in [3.8, 4) is 11.3 Å². The van der Waals surface area contributed by atoms with Gasteiger partial charge in [0.05, 0.1) is 16.6 Å². The monoisotopic (exact) mass is 549 g/mol. The summed E-state index contributed by atoms with van der Waals surface area (Å²) in [6, 6.07) is 17.6. The molecule has 0 bridgehead atoms. The van der Waals surface area contributed by atoms with Crippen LogP contribution >= 0.6 is 0 Å². The third kappa shape index (κ3) is 6.01. The molecule has 2 aromatic heterocycles. The molecule has 5 rings (SSSR count). The first kappa shape index (κ1) is 26.6. The molecule has 2 heterocycles. The summed E-state index contributed by atoms with van der Waals surface area (Å²) in [5.74, 6) is -0.991. The Morgan fingerprint density at radius 3 is 2.48 bits per heavy atom. The van der Waals surface area contributed by atoms with E-state index in [1.54, 1.807) is 35.3 Å². The third-order valence-electron chi connectivity index (χ3n) is 6.03. The standard InChI is InChI=1S/C28H23F4N7O/c1-17(13-18-5-3-2-4-6-18)37-39-26-22(15-33-16-34-26)25(38-39)19-7-10-21(11-8-19)35-27(40)36-24-14-20(28(30,31)32)9-12-23(24)29/h2-12,14-17,37H,13H2,1H3,(H2,35,36,40). The van der Waals surface area contributed by atoms with Crippen LogP contribution in [-0.2, 0) is 12.6 Å². The minimum Gasteiger partial charge on any atom is -0.308 e. The zero-order valence-corrected chi connectivity index (χ0v) is 21.1. The molecule has 0 radical (unpaired) electrons. The van der Waals surface area contributed by atoms with Crippen LogP contribution in [0.25, 0.3) is 22.3 Å². The number of alkyl halides is 3. The molecule has 0 spiro atoms. The van der Waals surface area contributed by atoms with Crippen molar-refractivity contribution in [3.63, 3.8) is 0 Å². The molecule has 0 saturated carbocycles. The van der Waals surface area contributed by atoms with Gasteiger partial charge in [0.1, 0.15) is 17.8 Å². The van der Waals surface area contributed by atoms with Crippen LogP contribution in [0.2, 0.25) is 0 Å². The van der Waals surface area contributed by atoms with E-state index in [-0.39, 0.29) is 6.04 Å². The van der Waals surface area contributed by atoms with Crippen LogP contribution in [-0.4, -0.2) is 31.9 Å². The normalized spacial score (nSPS) is 12.2. The Morgan fingerprint density at radius 2 is 1.75 bits per heavy atom. The number of hydrogen-bond acceptors (Lipinski definition) is 5. The predicted molar refractivity (Wildman–Crippen MR) is 144 cm³/mol. The first-order chi connectivity index (χ1) is 19.2. The van der Waals surface area contributed by atoms with E-state index in [1.807, 2.05) is 25.1 Å². The highest BCUT2D eigenvalue weighted by molar-refractivity contribution is 6.00. The molecule has 3 N–H and O–H groups in total. The summed E-state index contributed by atoms with van der Waals surface area (Å²) in [5, 5.41) is 10.0. The van der Waals surface area contributed by atoms with Gasteiger partial charge in [0, 0.05) is 23.5 Å². The van der Waals surface area contributed by atoms with Crippen LogP contribution in [0.4, 0.5) is 33.7 Å². The zero-order chi connectivity index (χ0) is 28.3. The number of anilines is 2. The molecule has 0 saturated heterocycles. The second kappa shape index (κ2) is 11.0. The van der Waals surface area contributed by atoms with Crippen molar-refractivity contribution >= 4 is 28.4 Å². The summed E-state index contributed by atoms with van der Waals surface area (Å²) in [6.45, 7) is 2.04. The largest absolute Gasteiger partial charge is 0.416 e. The Hall–Kier alpha value is -5.00. The molecule has 12 heteroatoms. The number of nitrogens with one attached hydrogen (secondary N) is 3. The molecule has 3 aromatic carbocycles. The van der Waals surface area contributed by atoms with E-state index in [4.69, 9.17) is 5.10 Å². The van der Waals surface area contributed by atoms with Crippen molar-refractivity contribution in [2.24, 2.45) is 0 Å². The number of halogens is 4. The highest BCUT2D eigenvalue weighted by Gasteiger charge is 2.31. The van der Waals surface area contributed by atoms with E-state index >= 15 is 0 Å². The fourth-order valence-electron chi connectivity index (χ4n) is 4.18. The van der Waals surface area contributed by atoms with Gasteiger partial charge in [0.2, 0.25) is 0 Å². The van der Waals surface area contributed by atoms with Crippen molar-refractivity contribution < 1.29 is 22.4 Å². The molecule has 2 amide bonds. The van der Waals surface area contributed by atoms with Crippen LogP contribution in [0.15, 0.2) is 85.3 Å². The number of nitrogens with zero attached hydrogens (tertiary/aromatic N) is 4. The molecule has 0 aliphatic rings. The number of hydrogen-bond donors (Lipinski definition) is 3. The maximum Gasteiger partial charge on any atom is 0.416 e. The lowest BCUT2D eigenvalue weighted by molar-refractivity contribution is -0.137. The molecular formula is C28H23F4N7O. The van der Waals surface area contributed by atoms with Crippen LogP contribution in [0, 0.1) is 5.82 Å². The molecular weight excluding hydrogens is 526 g/mol. The van der Waals surface area contributed by atoms with Gasteiger partial charge < -0.3 is 16.1 Å². The van der Waals surface area contributed by atoms with Gasteiger partial charge in [-0.2, -0.15) is 18.0 Å². The number of aromatic nitrogens is 4. The van der Waals surface area contributed by atoms with E-state index in [1.165, 1.54) is 11.9 Å². The Labute approximate surface area is 226 Å². The first-order valence-corrected chi connectivity index (χ1v) is 12.2. The molecule has 0 fully saturated rings. The maximum atomic E-state index is 14.0. The van der Waals surface area contributed by atoms with E-state index in [9.17, 15) is 22.4 Å². The minimum absolute atomic E-state index is 0.0417. The summed E-state index contributed by atoms with van der Waals surface area (Å²) >= 11 is 0. The minimum atomic E-state index is -4.67. The van der Waals surface area contributed by atoms with Crippen molar-refractivity contribution in [3.05, 3.63) is 102 Å². The average Bonchev–Trinajstić information content (AvgIpc) is 3.28. The maximum absolute atomic E-state index is 14.0. The molecule has 204 valence electrons. The van der Waals surface area contributed by atoms with Gasteiger partial charge in [-0.25, -0.2) is 19.2 Å². The van der Waals surface area contributed by atoms with Crippen molar-refractivity contribution in [2.75, 3.05) is 16.1 Å². The van der Waals surface area contributed by atoms with Gasteiger partial charge in [-0.3, -0.25) is 0 Å². The van der Waals surface area contributed by atoms with Crippen molar-refractivity contribution in [2.45, 2.75) is 25.6 Å². The number of amides is 2. The number of fused-ring (bicyclic) bond motifs is 1. The average molecular weight is 550 g/mol. The zero-order valence-electron chi connectivity index (χ0n) is 21.1. The Bertz CT molecular complexity index is 1640. The molecule has 1 unspecified atom stereocenters. The summed E-state index contributed by atoms with van der Waals surface area (Å²) in [7, 11) is 0. The van der Waals surface area contributed by atoms with Crippen LogP contribution in [0.5, 0.6) is 0 Å². The highest BCUT2D eigenvalue weighted by Crippen LogP contribution is 2.32. The van der Waals surface area contributed by atoms with Gasteiger partial charge in [-0.15, -0.1) is 5.10 Å². The predicted octanol–water partition coefficient (Wildman–Crippen LogP) is 6.47. The van der Waals surface area contributed by atoms with Crippen LogP contribution < -0.4 is 16.1 Å². The number of rotatable bonds is 7. The van der Waals surface area contributed by atoms with Crippen LogP contribution in [0.1, 0.15) is 18.1 Å². The molecule has 5 aromatic rings. The fourth-order valence-corrected chi connectivity index (χ4v) is 4.18. The third-order valence-corrected chi connectivity index (χ3v) is 6.03. The van der Waals surface area contributed by atoms with Gasteiger partial charge >= 0.3 is 12.2 Å². The van der Waals surface area contributed by atoms with Crippen LogP contribution in [0.3, 0.4) is 0 Å². The second-order valence-electron chi connectivity index (χ2n) is 9.09. The fraction of sp³-hybridized carbons (Fsp3) is 0.143. The summed E-state index contributed by atoms with van der Waals surface area (Å²) in [5.41, 5.74) is 5.12. The summed E-state index contributed by atoms with van der Waals surface area (Å²) in [6.07, 6.45) is -0.801. The van der Waals surface area contributed by atoms with E-state index < -0.39 is 29.3 Å². The lowest BCUT2D eigenvalue weighted by atomic mass is 10.1. The molecule has 0 aliphatic carbocycles. The molecule has 1 atom stereocenters. The van der Waals surface area contributed by atoms with E-state index in [0.29, 0.717) is 46.2 Å². The van der Waals surface area contributed by atoms with E-state index in [0.717, 1.165) is 6.42 Å². The lowest BCUT2D eigenvalue weighted by Gasteiger charge is -2.15. The van der Waals surface area contributed by atoms with Gasteiger partial charge in [-0.05, 0) is 49.2 Å². The topological polar surface area (TPSA) is 96.8 Å². The number of carbonyl (C=O) groups is 1. The molecule has 0 aliphatic heterocycles. The Kier molecular flexibility index (Phi) is 7.32. The van der Waals surface area contributed by atoms with Gasteiger partial charge in [0.15, 0.2) is 5.65 Å². The number of carbonyl (C=O) groups excluding carboxylic acids is 1. The smallest absolute Gasteiger partial charge is 0.308 e. The molecule has 40 heavy (non-hydrogen) atoms. The Balaban J connectivity index is 1.31. The lowest BCUT2D eigenvalue weighted by Crippen LogP contribution is -2.28. The number of urea groups is 1. The number of benzene rings is 3. The second-order valence-corrected chi connectivity index (χ2v) is 9.09. The summed E-state index contributed by atoms with van der Waals surface area (Å²) in [4.78, 5) is 22.5. The quantitative estimate of drug-likeness (QED) is 0.202.